The van der Waals surface area contributed by atoms with Crippen LogP contribution in [0.4, 0.5) is 48.3 Å². The SMILES string of the molecule is OC(CNC1CCC(C(F)(F)C(F)(F)F)CC1Cc1ncccc1C(F)(F)F)C(F)(F)F. The van der Waals surface area contributed by atoms with Gasteiger partial charge in [-0.05, 0) is 43.7 Å². The van der Waals surface area contributed by atoms with Crippen molar-refractivity contribution in [3.63, 3.8) is 0 Å². The van der Waals surface area contributed by atoms with Crippen molar-refractivity contribution in [1.29, 1.82) is 0 Å². The molecule has 1 aromatic heterocycles. The predicted octanol–water partition coefficient (Wildman–Crippen LogP) is 5.14. The third kappa shape index (κ3) is 6.21. The van der Waals surface area contributed by atoms with E-state index in [2.05, 4.69) is 10.3 Å². The van der Waals surface area contributed by atoms with E-state index in [0.29, 0.717) is 6.07 Å². The fraction of sp³-hybridized carbons (Fsp3) is 0.722. The van der Waals surface area contributed by atoms with Gasteiger partial charge in [0.2, 0.25) is 0 Å². The highest BCUT2D eigenvalue weighted by Gasteiger charge is 2.62. The minimum atomic E-state index is -5.89. The first-order chi connectivity index (χ1) is 14.4. The Bertz CT molecular complexity index is 761. The van der Waals surface area contributed by atoms with Gasteiger partial charge in [0, 0.05) is 24.7 Å². The van der Waals surface area contributed by atoms with Crippen molar-refractivity contribution in [2.45, 2.75) is 62.3 Å². The summed E-state index contributed by atoms with van der Waals surface area (Å²) in [6, 6.07) is 0.474. The molecule has 4 atom stereocenters. The van der Waals surface area contributed by atoms with E-state index < -0.39 is 91.9 Å². The average molecular weight is 488 g/mol. The molecule has 0 spiro atoms. The van der Waals surface area contributed by atoms with Gasteiger partial charge >= 0.3 is 24.5 Å². The van der Waals surface area contributed by atoms with Crippen LogP contribution in [-0.2, 0) is 12.6 Å². The Morgan fingerprint density at radius 1 is 1.00 bits per heavy atom. The summed E-state index contributed by atoms with van der Waals surface area (Å²) in [4.78, 5) is 3.56. The molecular weight excluding hydrogens is 469 g/mol. The highest BCUT2D eigenvalue weighted by atomic mass is 19.4. The second-order valence-corrected chi connectivity index (χ2v) is 7.66. The van der Waals surface area contributed by atoms with Crippen LogP contribution in [-0.4, -0.2) is 47.1 Å². The lowest BCUT2D eigenvalue weighted by atomic mass is 9.73. The van der Waals surface area contributed by atoms with Crippen LogP contribution in [0.5, 0.6) is 0 Å². The summed E-state index contributed by atoms with van der Waals surface area (Å²) < 4.78 is 143. The summed E-state index contributed by atoms with van der Waals surface area (Å²) in [7, 11) is 0. The first kappa shape index (κ1) is 26.6. The lowest BCUT2D eigenvalue weighted by molar-refractivity contribution is -0.307. The third-order valence-corrected chi connectivity index (χ3v) is 5.48. The minimum Gasteiger partial charge on any atom is -0.382 e. The van der Waals surface area contributed by atoms with Crippen molar-refractivity contribution in [3.05, 3.63) is 29.6 Å². The monoisotopic (exact) mass is 488 g/mol. The Balaban J connectivity index is 2.30. The molecule has 1 heterocycles. The molecule has 1 aliphatic rings. The van der Waals surface area contributed by atoms with Crippen molar-refractivity contribution in [2.75, 3.05) is 6.54 Å². The molecular formula is C18H19F11N2O. The van der Waals surface area contributed by atoms with Gasteiger partial charge in [0.15, 0.2) is 6.10 Å². The van der Waals surface area contributed by atoms with Gasteiger partial charge < -0.3 is 10.4 Å². The largest absolute Gasteiger partial charge is 0.453 e. The van der Waals surface area contributed by atoms with Gasteiger partial charge in [-0.3, -0.25) is 4.98 Å². The van der Waals surface area contributed by atoms with E-state index in [1.165, 1.54) is 0 Å². The summed E-state index contributed by atoms with van der Waals surface area (Å²) in [5, 5.41) is 11.4. The molecule has 184 valence electrons. The zero-order chi connectivity index (χ0) is 24.5. The number of pyridine rings is 1. The molecule has 1 aliphatic carbocycles. The smallest absolute Gasteiger partial charge is 0.382 e. The van der Waals surface area contributed by atoms with Crippen LogP contribution in [0, 0.1) is 11.8 Å². The van der Waals surface area contributed by atoms with Crippen LogP contribution in [0.3, 0.4) is 0 Å². The van der Waals surface area contributed by atoms with E-state index >= 15 is 0 Å². The molecule has 0 aliphatic heterocycles. The number of nitrogens with one attached hydrogen (secondary N) is 1. The van der Waals surface area contributed by atoms with Gasteiger partial charge in [0.05, 0.1) is 11.3 Å². The fourth-order valence-electron chi connectivity index (χ4n) is 3.80. The summed E-state index contributed by atoms with van der Waals surface area (Å²) in [5.74, 6) is -8.71. The van der Waals surface area contributed by atoms with E-state index in [1.54, 1.807) is 0 Å². The van der Waals surface area contributed by atoms with Crippen LogP contribution in [0.15, 0.2) is 18.3 Å². The minimum absolute atomic E-state index is 0.459. The quantitative estimate of drug-likeness (QED) is 0.546. The summed E-state index contributed by atoms with van der Waals surface area (Å²) in [5.41, 5.74) is -1.84. The van der Waals surface area contributed by atoms with Crippen LogP contribution in [0.1, 0.15) is 30.5 Å². The molecule has 0 bridgehead atoms. The van der Waals surface area contributed by atoms with Crippen LogP contribution in [0.2, 0.25) is 0 Å². The van der Waals surface area contributed by atoms with Crippen molar-refractivity contribution < 1.29 is 53.4 Å². The van der Waals surface area contributed by atoms with Gasteiger partial charge in [0.1, 0.15) is 0 Å². The van der Waals surface area contributed by atoms with E-state index in [9.17, 15) is 48.3 Å². The molecule has 4 unspecified atom stereocenters. The van der Waals surface area contributed by atoms with E-state index in [4.69, 9.17) is 5.11 Å². The average Bonchev–Trinajstić information content (AvgIpc) is 2.64. The number of aromatic nitrogens is 1. The maximum Gasteiger partial charge on any atom is 0.453 e. The number of nitrogens with zero attached hydrogens (tertiary/aromatic N) is 1. The molecule has 2 rings (SSSR count). The number of aliphatic hydroxyl groups excluding tert-OH is 1. The molecule has 0 amide bonds. The summed E-state index contributed by atoms with van der Waals surface area (Å²) in [6.45, 7) is -1.10. The van der Waals surface area contributed by atoms with Gasteiger partial charge in [-0.25, -0.2) is 0 Å². The van der Waals surface area contributed by atoms with Gasteiger partial charge in [-0.15, -0.1) is 0 Å². The third-order valence-electron chi connectivity index (χ3n) is 5.48. The lowest BCUT2D eigenvalue weighted by Crippen LogP contribution is -2.52. The predicted molar refractivity (Wildman–Crippen MR) is 88.6 cm³/mol. The molecule has 2 N–H and O–H groups in total. The Morgan fingerprint density at radius 2 is 1.62 bits per heavy atom. The summed E-state index contributed by atoms with van der Waals surface area (Å²) >= 11 is 0. The van der Waals surface area contributed by atoms with Crippen molar-refractivity contribution >= 4 is 0 Å². The Hall–Kier alpha value is -1.70. The maximum absolute atomic E-state index is 13.9. The van der Waals surface area contributed by atoms with Crippen molar-refractivity contribution in [1.82, 2.24) is 10.3 Å². The highest BCUT2D eigenvalue weighted by Crippen LogP contribution is 2.48. The second kappa shape index (κ2) is 9.27. The summed E-state index contributed by atoms with van der Waals surface area (Å²) in [6.07, 6.45) is -20.5. The van der Waals surface area contributed by atoms with E-state index in [-0.39, 0.29) is 0 Å². The number of hydrogen-bond donors (Lipinski definition) is 2. The first-order valence-electron chi connectivity index (χ1n) is 9.38. The second-order valence-electron chi connectivity index (χ2n) is 7.66. The molecule has 0 saturated heterocycles. The van der Waals surface area contributed by atoms with Gasteiger partial charge in [-0.2, -0.15) is 48.3 Å². The van der Waals surface area contributed by atoms with Crippen molar-refractivity contribution in [3.8, 4) is 0 Å². The number of hydrogen-bond acceptors (Lipinski definition) is 3. The zero-order valence-electron chi connectivity index (χ0n) is 16.1. The molecule has 0 radical (unpaired) electrons. The molecule has 1 saturated carbocycles. The normalized spacial score (nSPS) is 24.4. The van der Waals surface area contributed by atoms with E-state index in [1.807, 2.05) is 0 Å². The maximum atomic E-state index is 13.9. The molecule has 3 nitrogen and oxygen atoms in total. The van der Waals surface area contributed by atoms with Crippen LogP contribution >= 0.6 is 0 Å². The lowest BCUT2D eigenvalue weighted by Gasteiger charge is -2.40. The number of rotatable bonds is 6. The van der Waals surface area contributed by atoms with Crippen LogP contribution < -0.4 is 5.32 Å². The zero-order valence-corrected chi connectivity index (χ0v) is 16.1. The number of halogens is 11. The standard InChI is InChI=1S/C18H19F11N2O/c19-15(20,18(27,28)29)10-3-4-12(31-8-14(32)17(24,25)26)9(6-10)7-13-11(16(21,22)23)2-1-5-30-13/h1-2,5,9-10,12,14,31-32H,3-4,6-8H2. The fourth-order valence-corrected chi connectivity index (χ4v) is 3.80. The Kier molecular flexibility index (Phi) is 7.70. The molecule has 14 heteroatoms. The molecule has 1 fully saturated rings. The number of alkyl halides is 11. The van der Waals surface area contributed by atoms with Crippen LogP contribution in [0.25, 0.3) is 0 Å². The number of aliphatic hydroxyl groups is 1. The topological polar surface area (TPSA) is 45.1 Å². The van der Waals surface area contributed by atoms with Crippen molar-refractivity contribution in [2.24, 2.45) is 11.8 Å². The first-order valence-corrected chi connectivity index (χ1v) is 9.38. The molecule has 0 aromatic carbocycles. The highest BCUT2D eigenvalue weighted by molar-refractivity contribution is 5.24. The Morgan fingerprint density at radius 3 is 2.16 bits per heavy atom. The Labute approximate surface area is 175 Å². The van der Waals surface area contributed by atoms with E-state index in [0.717, 1.165) is 12.3 Å². The van der Waals surface area contributed by atoms with Gasteiger partial charge in [-0.1, -0.05) is 0 Å². The molecule has 1 aromatic rings. The van der Waals surface area contributed by atoms with Gasteiger partial charge in [0.25, 0.3) is 0 Å². The molecule has 32 heavy (non-hydrogen) atoms.